The Morgan fingerprint density at radius 2 is 2.05 bits per heavy atom. The Morgan fingerprint density at radius 3 is 2.80 bits per heavy atom. The van der Waals surface area contributed by atoms with E-state index in [0.717, 1.165) is 23.6 Å². The summed E-state index contributed by atoms with van der Waals surface area (Å²) in [4.78, 5) is 12.2. The maximum Gasteiger partial charge on any atom is 0.330 e. The van der Waals surface area contributed by atoms with Crippen molar-refractivity contribution < 1.29 is 9.53 Å². The topological polar surface area (TPSA) is 81.6 Å². The lowest BCUT2D eigenvalue weighted by Gasteiger charge is -2.18. The summed E-state index contributed by atoms with van der Waals surface area (Å²) in [5.74, 6) is 5.87. The third-order valence-electron chi connectivity index (χ3n) is 3.68. The second kappa shape index (κ2) is 5.11. The monoisotopic (exact) mass is 271 g/mol. The first kappa shape index (κ1) is 12.9. The van der Waals surface area contributed by atoms with Gasteiger partial charge in [0.1, 0.15) is 6.04 Å². The molecule has 1 aliphatic rings. The number of anilines is 1. The molecule has 20 heavy (non-hydrogen) atoms. The van der Waals surface area contributed by atoms with Crippen molar-refractivity contribution in [2.24, 2.45) is 5.84 Å². The van der Waals surface area contributed by atoms with Crippen molar-refractivity contribution in [1.29, 1.82) is 0 Å². The van der Waals surface area contributed by atoms with Gasteiger partial charge in [0.2, 0.25) is 0 Å². The number of esters is 1. The number of hydrogen-bond acceptors (Lipinski definition) is 5. The van der Waals surface area contributed by atoms with Crippen LogP contribution >= 0.6 is 0 Å². The van der Waals surface area contributed by atoms with Crippen LogP contribution in [0.1, 0.15) is 12.8 Å². The number of rotatable bonds is 2. The first-order valence-corrected chi connectivity index (χ1v) is 6.67. The SMILES string of the molecule is Nc1ccc2ccccc2c1OC(=O)[C@@H]1CCCN1N. The fourth-order valence-corrected chi connectivity index (χ4v) is 2.58. The van der Waals surface area contributed by atoms with Crippen molar-refractivity contribution in [3.8, 4) is 5.75 Å². The predicted molar refractivity (Wildman–Crippen MR) is 77.9 cm³/mol. The van der Waals surface area contributed by atoms with Gasteiger partial charge in [-0.15, -0.1) is 0 Å². The smallest absolute Gasteiger partial charge is 0.330 e. The van der Waals surface area contributed by atoms with Gasteiger partial charge in [-0.25, -0.2) is 9.80 Å². The second-order valence-corrected chi connectivity index (χ2v) is 5.02. The van der Waals surface area contributed by atoms with Gasteiger partial charge in [0.25, 0.3) is 0 Å². The Labute approximate surface area is 117 Å². The molecule has 1 atom stereocenters. The van der Waals surface area contributed by atoms with Crippen LogP contribution in [0.15, 0.2) is 36.4 Å². The predicted octanol–water partition coefficient (Wildman–Crippen LogP) is 1.67. The van der Waals surface area contributed by atoms with E-state index in [2.05, 4.69) is 0 Å². The highest BCUT2D eigenvalue weighted by molar-refractivity contribution is 5.95. The largest absolute Gasteiger partial charge is 0.422 e. The van der Waals surface area contributed by atoms with Crippen LogP contribution in [0.5, 0.6) is 5.75 Å². The Kier molecular flexibility index (Phi) is 3.30. The van der Waals surface area contributed by atoms with Gasteiger partial charge < -0.3 is 10.5 Å². The molecule has 5 heteroatoms. The van der Waals surface area contributed by atoms with Crippen LogP contribution in [0.2, 0.25) is 0 Å². The first-order valence-electron chi connectivity index (χ1n) is 6.67. The minimum atomic E-state index is -0.381. The van der Waals surface area contributed by atoms with Crippen LogP contribution < -0.4 is 16.3 Å². The number of ether oxygens (including phenoxy) is 1. The molecule has 0 amide bonds. The fourth-order valence-electron chi connectivity index (χ4n) is 2.58. The highest BCUT2D eigenvalue weighted by atomic mass is 16.5. The minimum absolute atomic E-state index is 0.340. The number of nitrogens with zero attached hydrogens (tertiary/aromatic N) is 1. The third kappa shape index (κ3) is 2.21. The summed E-state index contributed by atoms with van der Waals surface area (Å²) in [6.07, 6.45) is 1.63. The van der Waals surface area contributed by atoms with Gasteiger partial charge in [0.05, 0.1) is 5.69 Å². The number of hydrazine groups is 1. The van der Waals surface area contributed by atoms with Crippen LogP contribution in [0.3, 0.4) is 0 Å². The van der Waals surface area contributed by atoms with Gasteiger partial charge in [0, 0.05) is 11.9 Å². The Morgan fingerprint density at radius 1 is 1.25 bits per heavy atom. The number of benzene rings is 2. The van der Waals surface area contributed by atoms with E-state index >= 15 is 0 Å². The highest BCUT2D eigenvalue weighted by Gasteiger charge is 2.30. The molecule has 3 rings (SSSR count). The molecule has 104 valence electrons. The van der Waals surface area contributed by atoms with Crippen LogP contribution in [0, 0.1) is 0 Å². The maximum absolute atomic E-state index is 12.2. The number of nitrogens with two attached hydrogens (primary N) is 2. The maximum atomic E-state index is 12.2. The molecule has 2 aromatic rings. The van der Waals surface area contributed by atoms with Crippen LogP contribution in [-0.4, -0.2) is 23.6 Å². The molecule has 5 nitrogen and oxygen atoms in total. The summed E-state index contributed by atoms with van der Waals surface area (Å²) < 4.78 is 5.53. The fraction of sp³-hybridized carbons (Fsp3) is 0.267. The van der Waals surface area contributed by atoms with Crippen LogP contribution in [-0.2, 0) is 4.79 Å². The summed E-state index contributed by atoms with van der Waals surface area (Å²) in [5, 5.41) is 3.35. The summed E-state index contributed by atoms with van der Waals surface area (Å²) >= 11 is 0. The molecule has 0 aliphatic carbocycles. The normalized spacial score (nSPS) is 19.4. The highest BCUT2D eigenvalue weighted by Crippen LogP contribution is 2.32. The molecule has 0 radical (unpaired) electrons. The van der Waals surface area contributed by atoms with E-state index in [-0.39, 0.29) is 12.0 Å². The molecular weight excluding hydrogens is 254 g/mol. The summed E-state index contributed by atoms with van der Waals surface area (Å²) in [5.41, 5.74) is 6.40. The Hall–Kier alpha value is -2.11. The molecule has 4 N–H and O–H groups in total. The summed E-state index contributed by atoms with van der Waals surface area (Å²) in [6, 6.07) is 11.0. The lowest BCUT2D eigenvalue weighted by Crippen LogP contribution is -2.43. The molecule has 0 spiro atoms. The molecule has 0 unspecified atom stereocenters. The van der Waals surface area contributed by atoms with E-state index in [9.17, 15) is 4.79 Å². The molecule has 1 saturated heterocycles. The van der Waals surface area contributed by atoms with E-state index in [1.165, 1.54) is 5.01 Å². The number of hydrogen-bond donors (Lipinski definition) is 2. The molecule has 0 aromatic heterocycles. The quantitative estimate of drug-likeness (QED) is 0.376. The number of carbonyl (C=O) groups excluding carboxylic acids is 1. The van der Waals surface area contributed by atoms with Crippen molar-refractivity contribution >= 4 is 22.4 Å². The van der Waals surface area contributed by atoms with E-state index in [1.807, 2.05) is 30.3 Å². The second-order valence-electron chi connectivity index (χ2n) is 5.02. The van der Waals surface area contributed by atoms with Gasteiger partial charge in [-0.3, -0.25) is 5.84 Å². The molecular formula is C15H17N3O2. The van der Waals surface area contributed by atoms with E-state index in [4.69, 9.17) is 16.3 Å². The van der Waals surface area contributed by atoms with E-state index in [1.54, 1.807) is 6.07 Å². The summed E-state index contributed by atoms with van der Waals surface area (Å²) in [7, 11) is 0. The van der Waals surface area contributed by atoms with Gasteiger partial charge in [0.15, 0.2) is 5.75 Å². The molecule has 0 saturated carbocycles. The van der Waals surface area contributed by atoms with Gasteiger partial charge >= 0.3 is 5.97 Å². The Bertz CT molecular complexity index is 657. The Balaban J connectivity index is 1.94. The number of fused-ring (bicyclic) bond motifs is 1. The molecule has 2 aromatic carbocycles. The lowest BCUT2D eigenvalue weighted by molar-refractivity contribution is -0.139. The number of nitrogen functional groups attached to an aromatic ring is 1. The van der Waals surface area contributed by atoms with Crippen molar-refractivity contribution in [3.05, 3.63) is 36.4 Å². The zero-order valence-electron chi connectivity index (χ0n) is 11.1. The van der Waals surface area contributed by atoms with E-state index in [0.29, 0.717) is 18.0 Å². The molecule has 1 aliphatic heterocycles. The lowest BCUT2D eigenvalue weighted by atomic mass is 10.1. The summed E-state index contributed by atoms with van der Waals surface area (Å²) in [6.45, 7) is 0.713. The van der Waals surface area contributed by atoms with Crippen molar-refractivity contribution in [2.45, 2.75) is 18.9 Å². The third-order valence-corrected chi connectivity index (χ3v) is 3.68. The molecule has 0 bridgehead atoms. The first-order chi connectivity index (χ1) is 9.66. The molecule has 1 heterocycles. The van der Waals surface area contributed by atoms with Crippen molar-refractivity contribution in [3.63, 3.8) is 0 Å². The van der Waals surface area contributed by atoms with Gasteiger partial charge in [-0.05, 0) is 24.3 Å². The average molecular weight is 271 g/mol. The van der Waals surface area contributed by atoms with Crippen molar-refractivity contribution in [1.82, 2.24) is 5.01 Å². The van der Waals surface area contributed by atoms with Gasteiger partial charge in [-0.1, -0.05) is 30.3 Å². The minimum Gasteiger partial charge on any atom is -0.422 e. The average Bonchev–Trinajstić information content (AvgIpc) is 2.88. The van der Waals surface area contributed by atoms with Gasteiger partial charge in [-0.2, -0.15) is 0 Å². The zero-order valence-corrected chi connectivity index (χ0v) is 11.1. The molecule has 1 fully saturated rings. The van der Waals surface area contributed by atoms with Crippen molar-refractivity contribution in [2.75, 3.05) is 12.3 Å². The van der Waals surface area contributed by atoms with Crippen LogP contribution in [0.25, 0.3) is 10.8 Å². The number of carbonyl (C=O) groups is 1. The van der Waals surface area contributed by atoms with E-state index < -0.39 is 0 Å². The zero-order chi connectivity index (χ0) is 14.1. The standard InChI is InChI=1S/C15H17N3O2/c16-12-8-7-10-4-1-2-5-11(10)14(12)20-15(19)13-6-3-9-18(13)17/h1-2,4-5,7-8,13H,3,6,9,16-17H2/t13-/m0/s1. The van der Waals surface area contributed by atoms with Crippen LogP contribution in [0.4, 0.5) is 5.69 Å².